The molecule has 2 atom stereocenters. The minimum atomic E-state index is -0.596. The molecule has 0 heterocycles. The van der Waals surface area contributed by atoms with Crippen molar-refractivity contribution < 1.29 is 9.50 Å². The lowest BCUT2D eigenvalue weighted by molar-refractivity contribution is 0.167. The van der Waals surface area contributed by atoms with Crippen LogP contribution in [0.4, 0.5) is 4.39 Å². The van der Waals surface area contributed by atoms with Crippen molar-refractivity contribution in [2.24, 2.45) is 0 Å². The van der Waals surface area contributed by atoms with Crippen molar-refractivity contribution in [3.8, 4) is 0 Å². The summed E-state index contributed by atoms with van der Waals surface area (Å²) in [5.74, 6) is -0.727. The van der Waals surface area contributed by atoms with Gasteiger partial charge in [-0.3, -0.25) is 0 Å². The zero-order valence-electron chi connectivity index (χ0n) is 7.89. The molecule has 1 N–H and O–H groups in total. The van der Waals surface area contributed by atoms with Gasteiger partial charge in [0.25, 0.3) is 0 Å². The number of halogens is 3. The number of hydrogen-bond acceptors (Lipinski definition) is 1. The van der Waals surface area contributed by atoms with Crippen LogP contribution in [0.25, 0.3) is 0 Å². The number of rotatable bonds is 2. The molecule has 1 aromatic carbocycles. The molecule has 2 unspecified atom stereocenters. The Labute approximate surface area is 96.0 Å². The summed E-state index contributed by atoms with van der Waals surface area (Å²) >= 11 is 8.86. The Bertz CT molecular complexity index is 341. The fourth-order valence-electron chi connectivity index (χ4n) is 1.15. The lowest BCUT2D eigenvalue weighted by atomic mass is 9.96. The van der Waals surface area contributed by atoms with E-state index in [2.05, 4.69) is 15.9 Å². The SMILES string of the molecule is CC(O)C(C)c1ccc(Br)c(Cl)c1F. The van der Waals surface area contributed by atoms with Crippen LogP contribution >= 0.6 is 27.5 Å². The van der Waals surface area contributed by atoms with E-state index >= 15 is 0 Å². The lowest BCUT2D eigenvalue weighted by Crippen LogP contribution is -2.12. The quantitative estimate of drug-likeness (QED) is 0.819. The average molecular weight is 282 g/mol. The third-order valence-corrected chi connectivity index (χ3v) is 3.54. The highest BCUT2D eigenvalue weighted by Crippen LogP contribution is 2.32. The number of hydrogen-bond donors (Lipinski definition) is 1. The van der Waals surface area contributed by atoms with Gasteiger partial charge in [0.15, 0.2) is 0 Å². The standard InChI is InChI=1S/C10H11BrClFO/c1-5(6(2)14)7-3-4-8(11)9(12)10(7)13/h3-6,14H,1-2H3. The van der Waals surface area contributed by atoms with Crippen molar-refractivity contribution in [1.82, 2.24) is 0 Å². The number of aliphatic hydroxyl groups is 1. The van der Waals surface area contributed by atoms with Crippen molar-refractivity contribution in [2.45, 2.75) is 25.9 Å². The van der Waals surface area contributed by atoms with Gasteiger partial charge < -0.3 is 5.11 Å². The molecule has 0 amide bonds. The third kappa shape index (κ3) is 2.27. The molecule has 0 bridgehead atoms. The van der Waals surface area contributed by atoms with Gasteiger partial charge in [0, 0.05) is 10.4 Å². The molecular formula is C10H11BrClFO. The monoisotopic (exact) mass is 280 g/mol. The summed E-state index contributed by atoms with van der Waals surface area (Å²) in [4.78, 5) is 0. The topological polar surface area (TPSA) is 20.2 Å². The Kier molecular flexibility index (Phi) is 3.93. The molecule has 0 radical (unpaired) electrons. The van der Waals surface area contributed by atoms with Gasteiger partial charge in [-0.25, -0.2) is 4.39 Å². The van der Waals surface area contributed by atoms with Gasteiger partial charge in [-0.2, -0.15) is 0 Å². The molecule has 0 aromatic heterocycles. The third-order valence-electron chi connectivity index (χ3n) is 2.28. The first-order chi connectivity index (χ1) is 6.45. The van der Waals surface area contributed by atoms with E-state index in [1.54, 1.807) is 26.0 Å². The summed E-state index contributed by atoms with van der Waals surface area (Å²) in [7, 11) is 0. The Morgan fingerprint density at radius 1 is 1.43 bits per heavy atom. The zero-order chi connectivity index (χ0) is 10.9. The van der Waals surface area contributed by atoms with E-state index in [-0.39, 0.29) is 10.9 Å². The average Bonchev–Trinajstić information content (AvgIpc) is 2.13. The molecule has 0 spiro atoms. The van der Waals surface area contributed by atoms with E-state index in [9.17, 15) is 9.50 Å². The van der Waals surface area contributed by atoms with Crippen LogP contribution in [0.15, 0.2) is 16.6 Å². The molecule has 1 rings (SSSR count). The second-order valence-electron chi connectivity index (χ2n) is 3.29. The number of aliphatic hydroxyl groups excluding tert-OH is 1. The van der Waals surface area contributed by atoms with Crippen molar-refractivity contribution in [1.29, 1.82) is 0 Å². The molecule has 4 heteroatoms. The van der Waals surface area contributed by atoms with Crippen molar-refractivity contribution in [3.63, 3.8) is 0 Å². The Balaban J connectivity index is 3.17. The maximum Gasteiger partial charge on any atom is 0.146 e. The van der Waals surface area contributed by atoms with Crippen LogP contribution < -0.4 is 0 Å². The normalized spacial score (nSPS) is 15.3. The van der Waals surface area contributed by atoms with Gasteiger partial charge in [-0.05, 0) is 34.5 Å². The first-order valence-electron chi connectivity index (χ1n) is 4.26. The highest BCUT2D eigenvalue weighted by molar-refractivity contribution is 9.10. The molecule has 1 aromatic rings. The van der Waals surface area contributed by atoms with Crippen LogP contribution in [0.3, 0.4) is 0 Å². The van der Waals surface area contributed by atoms with Gasteiger partial charge in [-0.15, -0.1) is 0 Å². The van der Waals surface area contributed by atoms with Crippen molar-refractivity contribution >= 4 is 27.5 Å². The summed E-state index contributed by atoms with van der Waals surface area (Å²) in [5, 5.41) is 9.40. The summed E-state index contributed by atoms with van der Waals surface area (Å²) in [6, 6.07) is 3.31. The number of benzene rings is 1. The molecule has 0 aliphatic carbocycles. The summed E-state index contributed by atoms with van der Waals surface area (Å²) in [5.41, 5.74) is 0.438. The molecule has 0 saturated heterocycles. The second kappa shape index (κ2) is 4.60. The minimum absolute atomic E-state index is 0.0648. The molecule has 0 aliphatic heterocycles. The van der Waals surface area contributed by atoms with Crippen molar-refractivity contribution in [3.05, 3.63) is 33.0 Å². The first kappa shape index (κ1) is 12.0. The van der Waals surface area contributed by atoms with Gasteiger partial charge >= 0.3 is 0 Å². The molecule has 78 valence electrons. The molecule has 14 heavy (non-hydrogen) atoms. The van der Waals surface area contributed by atoms with Crippen molar-refractivity contribution in [2.75, 3.05) is 0 Å². The smallest absolute Gasteiger partial charge is 0.146 e. The van der Waals surface area contributed by atoms with E-state index in [0.717, 1.165) is 0 Å². The van der Waals surface area contributed by atoms with E-state index < -0.39 is 11.9 Å². The molecule has 0 aliphatic rings. The predicted octanol–water partition coefficient (Wildman–Crippen LogP) is 3.73. The summed E-state index contributed by atoms with van der Waals surface area (Å²) in [6.07, 6.45) is -0.596. The zero-order valence-corrected chi connectivity index (χ0v) is 10.2. The summed E-state index contributed by atoms with van der Waals surface area (Å²) < 4.78 is 14.1. The van der Waals surface area contributed by atoms with Gasteiger partial charge in [0.05, 0.1) is 11.1 Å². The fourth-order valence-corrected chi connectivity index (χ4v) is 1.63. The van der Waals surface area contributed by atoms with Gasteiger partial charge in [0.2, 0.25) is 0 Å². The van der Waals surface area contributed by atoms with E-state index in [1.165, 1.54) is 0 Å². The van der Waals surface area contributed by atoms with Crippen LogP contribution in [-0.2, 0) is 0 Å². The van der Waals surface area contributed by atoms with E-state index in [4.69, 9.17) is 11.6 Å². The van der Waals surface area contributed by atoms with E-state index in [0.29, 0.717) is 10.0 Å². The largest absolute Gasteiger partial charge is 0.393 e. The highest BCUT2D eigenvalue weighted by atomic mass is 79.9. The molecule has 1 nitrogen and oxygen atoms in total. The van der Waals surface area contributed by atoms with Crippen LogP contribution in [0.1, 0.15) is 25.3 Å². The molecule has 0 fully saturated rings. The maximum atomic E-state index is 13.6. The lowest BCUT2D eigenvalue weighted by Gasteiger charge is -2.16. The fraction of sp³-hybridized carbons (Fsp3) is 0.400. The second-order valence-corrected chi connectivity index (χ2v) is 4.53. The van der Waals surface area contributed by atoms with Crippen LogP contribution in [-0.4, -0.2) is 11.2 Å². The summed E-state index contributed by atoms with van der Waals surface area (Å²) in [6.45, 7) is 3.38. The highest BCUT2D eigenvalue weighted by Gasteiger charge is 2.18. The first-order valence-corrected chi connectivity index (χ1v) is 5.43. The molecular weight excluding hydrogens is 270 g/mol. The van der Waals surface area contributed by atoms with Crippen LogP contribution in [0.5, 0.6) is 0 Å². The Hall–Kier alpha value is -0.120. The van der Waals surface area contributed by atoms with E-state index in [1.807, 2.05) is 0 Å². The maximum absolute atomic E-state index is 13.6. The predicted molar refractivity (Wildman–Crippen MR) is 59.2 cm³/mol. The van der Waals surface area contributed by atoms with Crippen LogP contribution in [0.2, 0.25) is 5.02 Å². The Morgan fingerprint density at radius 2 is 2.00 bits per heavy atom. The minimum Gasteiger partial charge on any atom is -0.393 e. The van der Waals surface area contributed by atoms with Gasteiger partial charge in [-0.1, -0.05) is 24.6 Å². The molecule has 0 saturated carbocycles. The van der Waals surface area contributed by atoms with Gasteiger partial charge in [0.1, 0.15) is 5.82 Å². The van der Waals surface area contributed by atoms with Crippen LogP contribution in [0, 0.1) is 5.82 Å². The Morgan fingerprint density at radius 3 is 2.50 bits per heavy atom.